The number of amides is 1. The predicted octanol–water partition coefficient (Wildman–Crippen LogP) is 5.93. The van der Waals surface area contributed by atoms with Gasteiger partial charge in [0.15, 0.2) is 0 Å². The zero-order valence-electron chi connectivity index (χ0n) is 17.5. The van der Waals surface area contributed by atoms with Crippen LogP contribution < -0.4 is 0 Å². The lowest BCUT2D eigenvalue weighted by Crippen LogP contribution is -2.40. The predicted molar refractivity (Wildman–Crippen MR) is 117 cm³/mol. The number of aryl methyl sites for hydroxylation is 1. The molecule has 0 bridgehead atoms. The van der Waals surface area contributed by atoms with E-state index in [1.54, 1.807) is 24.0 Å². The number of pyridine rings is 1. The van der Waals surface area contributed by atoms with Crippen molar-refractivity contribution in [1.29, 1.82) is 0 Å². The summed E-state index contributed by atoms with van der Waals surface area (Å²) >= 11 is 13.1. The summed E-state index contributed by atoms with van der Waals surface area (Å²) in [6.45, 7) is 5.37. The summed E-state index contributed by atoms with van der Waals surface area (Å²) in [5, 5.41) is 0.664. The highest BCUT2D eigenvalue weighted by Gasteiger charge is 2.36. The Labute approximate surface area is 194 Å². The maximum Gasteiger partial charge on any atom is 0.433 e. The van der Waals surface area contributed by atoms with Crippen LogP contribution in [0.15, 0.2) is 23.8 Å². The smallest absolute Gasteiger partial charge is 0.378 e. The molecule has 1 fully saturated rings. The zero-order chi connectivity index (χ0) is 23.2. The number of halogens is 5. The summed E-state index contributed by atoms with van der Waals surface area (Å²) in [6, 6.07) is 4.30. The van der Waals surface area contributed by atoms with E-state index in [1.165, 1.54) is 0 Å². The van der Waals surface area contributed by atoms with Gasteiger partial charge in [0.1, 0.15) is 5.69 Å². The quantitative estimate of drug-likeness (QED) is 0.541. The van der Waals surface area contributed by atoms with Gasteiger partial charge in [-0.2, -0.15) is 13.2 Å². The molecule has 1 aromatic heterocycles. The summed E-state index contributed by atoms with van der Waals surface area (Å²) in [4.78, 5) is 18.5. The van der Waals surface area contributed by atoms with E-state index >= 15 is 0 Å². The van der Waals surface area contributed by atoms with Gasteiger partial charge in [-0.05, 0) is 48.2 Å². The number of aromatic nitrogens is 1. The van der Waals surface area contributed by atoms with Crippen molar-refractivity contribution in [2.75, 3.05) is 26.3 Å². The summed E-state index contributed by atoms with van der Waals surface area (Å²) < 4.78 is 45.0. The second-order valence-electron chi connectivity index (χ2n) is 8.03. The van der Waals surface area contributed by atoms with E-state index in [9.17, 15) is 18.0 Å². The standard InChI is InChI=1S/C23H21Cl2F3N2O2/c1-12-9-19(23(26,27)28)29-21-13(2)14(10-16(12)21)11-17-18(24)4-3-15(20(17)25)22(31)30-5-7-32-8-6-30/h3-4,9-10,13H,5-8,11H2,1-2H3. The van der Waals surface area contributed by atoms with Crippen LogP contribution in [0.5, 0.6) is 0 Å². The lowest BCUT2D eigenvalue weighted by molar-refractivity contribution is -0.141. The van der Waals surface area contributed by atoms with Gasteiger partial charge in [0, 0.05) is 24.0 Å². The molecule has 1 aliphatic carbocycles. The number of carbonyl (C=O) groups excluding carboxylic acids is 1. The first-order valence-corrected chi connectivity index (χ1v) is 11.0. The molecule has 2 heterocycles. The fraction of sp³-hybridized carbons (Fsp3) is 0.391. The highest BCUT2D eigenvalue weighted by molar-refractivity contribution is 6.38. The number of benzene rings is 1. The van der Waals surface area contributed by atoms with Gasteiger partial charge >= 0.3 is 6.18 Å². The van der Waals surface area contributed by atoms with Crippen molar-refractivity contribution in [2.24, 2.45) is 0 Å². The highest BCUT2D eigenvalue weighted by atomic mass is 35.5. The Kier molecular flexibility index (Phi) is 6.27. The Bertz CT molecular complexity index is 1110. The molecule has 2 aromatic rings. The number of hydrogen-bond donors (Lipinski definition) is 0. The van der Waals surface area contributed by atoms with Crippen LogP contribution in [-0.2, 0) is 17.3 Å². The van der Waals surface area contributed by atoms with Crippen molar-refractivity contribution in [2.45, 2.75) is 32.4 Å². The van der Waals surface area contributed by atoms with E-state index in [0.717, 1.165) is 11.6 Å². The third kappa shape index (κ3) is 4.26. The maximum absolute atomic E-state index is 13.2. The summed E-state index contributed by atoms with van der Waals surface area (Å²) in [6.07, 6.45) is -2.35. The molecule has 1 aliphatic heterocycles. The molecule has 32 heavy (non-hydrogen) atoms. The van der Waals surface area contributed by atoms with E-state index in [1.807, 2.05) is 13.0 Å². The number of nitrogens with zero attached hydrogens (tertiary/aromatic N) is 2. The van der Waals surface area contributed by atoms with Crippen molar-refractivity contribution in [3.63, 3.8) is 0 Å². The van der Waals surface area contributed by atoms with Gasteiger partial charge in [0.2, 0.25) is 0 Å². The number of hydrogen-bond acceptors (Lipinski definition) is 3. The largest absolute Gasteiger partial charge is 0.433 e. The van der Waals surface area contributed by atoms with Crippen molar-refractivity contribution in [3.8, 4) is 0 Å². The fourth-order valence-corrected chi connectivity index (χ4v) is 4.71. The number of ether oxygens (including phenoxy) is 1. The molecular weight excluding hydrogens is 464 g/mol. The molecule has 1 amide bonds. The average molecular weight is 485 g/mol. The summed E-state index contributed by atoms with van der Waals surface area (Å²) in [5.74, 6) is -0.531. The minimum absolute atomic E-state index is 0.194. The molecule has 170 valence electrons. The number of fused-ring (bicyclic) bond motifs is 1. The Balaban J connectivity index is 1.65. The molecule has 0 saturated carbocycles. The molecule has 4 nitrogen and oxygen atoms in total. The molecule has 4 rings (SSSR count). The number of alkyl halides is 3. The van der Waals surface area contributed by atoms with Gasteiger partial charge in [-0.15, -0.1) is 0 Å². The molecule has 1 atom stereocenters. The number of morpholine rings is 1. The average Bonchev–Trinajstić information content (AvgIpc) is 3.07. The second kappa shape index (κ2) is 8.69. The maximum atomic E-state index is 13.2. The van der Waals surface area contributed by atoms with E-state index in [2.05, 4.69) is 4.98 Å². The van der Waals surface area contributed by atoms with Crippen molar-refractivity contribution >= 4 is 35.2 Å². The highest BCUT2D eigenvalue weighted by Crippen LogP contribution is 2.42. The van der Waals surface area contributed by atoms with E-state index in [-0.39, 0.29) is 16.8 Å². The van der Waals surface area contributed by atoms with Crippen LogP contribution in [0.2, 0.25) is 10.0 Å². The minimum atomic E-state index is -4.51. The summed E-state index contributed by atoms with van der Waals surface area (Å²) in [5.41, 5.74) is 2.46. The van der Waals surface area contributed by atoms with Crippen LogP contribution in [0.25, 0.3) is 6.08 Å². The van der Waals surface area contributed by atoms with Crippen molar-refractivity contribution in [1.82, 2.24) is 9.88 Å². The molecule has 1 saturated heterocycles. The first kappa shape index (κ1) is 23.1. The molecule has 2 aliphatic rings. The molecular formula is C23H21Cl2F3N2O2. The minimum Gasteiger partial charge on any atom is -0.378 e. The van der Waals surface area contributed by atoms with Gasteiger partial charge in [-0.1, -0.05) is 41.8 Å². The van der Waals surface area contributed by atoms with Crippen LogP contribution in [0.1, 0.15) is 51.3 Å². The van der Waals surface area contributed by atoms with Crippen LogP contribution in [0, 0.1) is 6.92 Å². The van der Waals surface area contributed by atoms with E-state index in [0.29, 0.717) is 65.7 Å². The van der Waals surface area contributed by atoms with Crippen molar-refractivity contribution < 1.29 is 22.7 Å². The number of rotatable bonds is 3. The first-order valence-electron chi connectivity index (χ1n) is 10.2. The lowest BCUT2D eigenvalue weighted by Gasteiger charge is -2.27. The first-order chi connectivity index (χ1) is 15.1. The number of allylic oxidation sites excluding steroid dienone is 1. The zero-order valence-corrected chi connectivity index (χ0v) is 19.0. The Morgan fingerprint density at radius 3 is 2.59 bits per heavy atom. The Morgan fingerprint density at radius 1 is 1.25 bits per heavy atom. The second-order valence-corrected chi connectivity index (χ2v) is 8.82. The van der Waals surface area contributed by atoms with Gasteiger partial charge in [0.05, 0.1) is 29.5 Å². The Morgan fingerprint density at radius 2 is 1.94 bits per heavy atom. The molecule has 0 spiro atoms. The van der Waals surface area contributed by atoms with Gasteiger partial charge in [-0.3, -0.25) is 4.79 Å². The monoisotopic (exact) mass is 484 g/mol. The van der Waals surface area contributed by atoms with E-state index < -0.39 is 11.9 Å². The van der Waals surface area contributed by atoms with E-state index in [4.69, 9.17) is 27.9 Å². The van der Waals surface area contributed by atoms with Crippen molar-refractivity contribution in [3.05, 3.63) is 67.5 Å². The fourth-order valence-electron chi connectivity index (χ4n) is 4.13. The van der Waals surface area contributed by atoms with Crippen LogP contribution in [0.4, 0.5) is 13.2 Å². The third-order valence-corrected chi connectivity index (χ3v) is 6.76. The lowest BCUT2D eigenvalue weighted by atomic mass is 9.94. The topological polar surface area (TPSA) is 42.4 Å². The molecule has 1 unspecified atom stereocenters. The molecule has 9 heteroatoms. The summed E-state index contributed by atoms with van der Waals surface area (Å²) in [7, 11) is 0. The van der Waals surface area contributed by atoms with Crippen LogP contribution >= 0.6 is 23.2 Å². The van der Waals surface area contributed by atoms with Gasteiger partial charge in [0.25, 0.3) is 5.91 Å². The van der Waals surface area contributed by atoms with Crippen LogP contribution in [0.3, 0.4) is 0 Å². The molecule has 0 radical (unpaired) electrons. The molecule has 0 N–H and O–H groups in total. The SMILES string of the molecule is Cc1cc(C(F)(F)F)nc2c1C=C(Cc1c(Cl)ccc(C(=O)N3CCOCC3)c1Cl)C2C. The van der Waals surface area contributed by atoms with Crippen LogP contribution in [-0.4, -0.2) is 42.1 Å². The Hall–Kier alpha value is -2.09. The molecule has 1 aromatic carbocycles. The normalized spacial score (nSPS) is 18.5. The van der Waals surface area contributed by atoms with Gasteiger partial charge in [-0.25, -0.2) is 4.98 Å². The van der Waals surface area contributed by atoms with Gasteiger partial charge < -0.3 is 9.64 Å². The number of carbonyl (C=O) groups is 1. The third-order valence-electron chi connectivity index (χ3n) is 5.98.